The van der Waals surface area contributed by atoms with Crippen LogP contribution in [-0.2, 0) is 20.9 Å². The fourth-order valence-corrected chi connectivity index (χ4v) is 4.07. The number of carbonyl (C=O) groups excluding carboxylic acids is 2. The topological polar surface area (TPSA) is 49.9 Å². The van der Waals surface area contributed by atoms with Crippen LogP contribution in [0.25, 0.3) is 0 Å². The van der Waals surface area contributed by atoms with Crippen molar-refractivity contribution >= 4 is 11.8 Å². The molecule has 2 fully saturated rings. The van der Waals surface area contributed by atoms with Gasteiger partial charge in [0.05, 0.1) is 6.61 Å². The van der Waals surface area contributed by atoms with E-state index in [4.69, 9.17) is 4.74 Å². The molecule has 5 nitrogen and oxygen atoms in total. The SMILES string of the molecule is CCN1CC2(CCCN(C(=O)COCc3ccccc3)C2)CCC1=O. The summed E-state index contributed by atoms with van der Waals surface area (Å²) in [6, 6.07) is 9.91. The van der Waals surface area contributed by atoms with Crippen LogP contribution in [0.4, 0.5) is 0 Å². The normalized spacial score (nSPS) is 24.0. The van der Waals surface area contributed by atoms with Gasteiger partial charge < -0.3 is 14.5 Å². The molecule has 0 bridgehead atoms. The molecular weight excluding hydrogens is 316 g/mol. The van der Waals surface area contributed by atoms with Gasteiger partial charge in [-0.2, -0.15) is 0 Å². The molecule has 1 aromatic carbocycles. The van der Waals surface area contributed by atoms with E-state index in [1.807, 2.05) is 47.1 Å². The summed E-state index contributed by atoms with van der Waals surface area (Å²) in [5.74, 6) is 0.317. The lowest BCUT2D eigenvalue weighted by Crippen LogP contribution is -2.55. The minimum absolute atomic E-state index is 0.0648. The van der Waals surface area contributed by atoms with E-state index in [0.717, 1.165) is 51.0 Å². The van der Waals surface area contributed by atoms with Gasteiger partial charge in [0.2, 0.25) is 11.8 Å². The molecule has 2 aliphatic heterocycles. The molecule has 25 heavy (non-hydrogen) atoms. The highest BCUT2D eigenvalue weighted by atomic mass is 16.5. The third kappa shape index (κ3) is 4.40. The van der Waals surface area contributed by atoms with Crippen molar-refractivity contribution in [3.63, 3.8) is 0 Å². The maximum absolute atomic E-state index is 12.6. The van der Waals surface area contributed by atoms with Gasteiger partial charge in [-0.3, -0.25) is 9.59 Å². The van der Waals surface area contributed by atoms with Gasteiger partial charge in [-0.25, -0.2) is 0 Å². The van der Waals surface area contributed by atoms with E-state index in [1.54, 1.807) is 0 Å². The lowest BCUT2D eigenvalue weighted by molar-refractivity contribution is -0.145. The quantitative estimate of drug-likeness (QED) is 0.824. The summed E-state index contributed by atoms with van der Waals surface area (Å²) in [4.78, 5) is 28.4. The van der Waals surface area contributed by atoms with Crippen LogP contribution in [0.1, 0.15) is 38.2 Å². The van der Waals surface area contributed by atoms with E-state index in [-0.39, 0.29) is 23.8 Å². The molecule has 3 rings (SSSR count). The number of amides is 2. The second-order valence-corrected chi connectivity index (χ2v) is 7.31. The average molecular weight is 344 g/mol. The predicted octanol–water partition coefficient (Wildman–Crippen LogP) is 2.45. The van der Waals surface area contributed by atoms with Crippen LogP contribution in [-0.4, -0.2) is 54.4 Å². The van der Waals surface area contributed by atoms with E-state index in [2.05, 4.69) is 0 Å². The van der Waals surface area contributed by atoms with Crippen molar-refractivity contribution in [2.45, 2.75) is 39.2 Å². The molecule has 1 atom stereocenters. The molecule has 2 saturated heterocycles. The molecule has 0 radical (unpaired) electrons. The zero-order chi connectivity index (χ0) is 17.7. The molecule has 5 heteroatoms. The minimum Gasteiger partial charge on any atom is -0.367 e. The lowest BCUT2D eigenvalue weighted by atomic mass is 9.73. The number of carbonyl (C=O) groups is 2. The molecule has 0 N–H and O–H groups in total. The highest BCUT2D eigenvalue weighted by Crippen LogP contribution is 2.38. The number of rotatable bonds is 5. The van der Waals surface area contributed by atoms with E-state index >= 15 is 0 Å². The molecule has 2 heterocycles. The minimum atomic E-state index is 0.0648. The Labute approximate surface area is 149 Å². The first-order chi connectivity index (χ1) is 12.1. The van der Waals surface area contributed by atoms with Crippen LogP contribution in [0.2, 0.25) is 0 Å². The summed E-state index contributed by atoms with van der Waals surface area (Å²) >= 11 is 0. The van der Waals surface area contributed by atoms with Crippen LogP contribution >= 0.6 is 0 Å². The maximum atomic E-state index is 12.6. The van der Waals surface area contributed by atoms with Gasteiger partial charge in [0.25, 0.3) is 0 Å². The summed E-state index contributed by atoms with van der Waals surface area (Å²) in [5.41, 5.74) is 1.16. The Balaban J connectivity index is 1.52. The third-order valence-corrected chi connectivity index (χ3v) is 5.48. The van der Waals surface area contributed by atoms with Gasteiger partial charge >= 0.3 is 0 Å². The van der Waals surface area contributed by atoms with Gasteiger partial charge in [0.1, 0.15) is 6.61 Å². The summed E-state index contributed by atoms with van der Waals surface area (Å²) in [7, 11) is 0. The van der Waals surface area contributed by atoms with Gasteiger partial charge in [-0.05, 0) is 31.7 Å². The molecule has 2 aliphatic rings. The molecule has 2 amide bonds. The second-order valence-electron chi connectivity index (χ2n) is 7.31. The van der Waals surface area contributed by atoms with Gasteiger partial charge in [0.15, 0.2) is 0 Å². The van der Waals surface area contributed by atoms with Crippen LogP contribution in [0.3, 0.4) is 0 Å². The Bertz CT molecular complexity index is 604. The molecule has 1 spiro atoms. The standard InChI is InChI=1S/C20H28N2O3/c1-2-21-15-20(11-9-18(21)23)10-6-12-22(16-20)19(24)14-25-13-17-7-4-3-5-8-17/h3-5,7-8H,2,6,9-16H2,1H3. The molecule has 1 aromatic rings. The molecule has 136 valence electrons. The molecule has 0 aliphatic carbocycles. The summed E-state index contributed by atoms with van der Waals surface area (Å²) in [6.07, 6.45) is 3.62. The summed E-state index contributed by atoms with van der Waals surface area (Å²) in [5, 5.41) is 0. The Morgan fingerprint density at radius 3 is 2.76 bits per heavy atom. The van der Waals surface area contributed by atoms with Crippen LogP contribution in [0, 0.1) is 5.41 Å². The Morgan fingerprint density at radius 2 is 2.00 bits per heavy atom. The Morgan fingerprint density at radius 1 is 1.20 bits per heavy atom. The number of hydrogen-bond donors (Lipinski definition) is 0. The number of piperidine rings is 2. The number of likely N-dealkylation sites (tertiary alicyclic amines) is 2. The fraction of sp³-hybridized carbons (Fsp3) is 0.600. The smallest absolute Gasteiger partial charge is 0.248 e. The van der Waals surface area contributed by atoms with Crippen molar-refractivity contribution in [1.29, 1.82) is 0 Å². The van der Waals surface area contributed by atoms with Crippen molar-refractivity contribution in [2.75, 3.05) is 32.8 Å². The Kier molecular flexibility index (Phi) is 5.74. The van der Waals surface area contributed by atoms with Crippen molar-refractivity contribution < 1.29 is 14.3 Å². The van der Waals surface area contributed by atoms with Crippen LogP contribution < -0.4 is 0 Å². The molecule has 1 unspecified atom stereocenters. The van der Waals surface area contributed by atoms with Crippen molar-refractivity contribution in [2.24, 2.45) is 5.41 Å². The lowest BCUT2D eigenvalue weighted by Gasteiger charge is -2.48. The van der Waals surface area contributed by atoms with Gasteiger partial charge in [-0.1, -0.05) is 30.3 Å². The average Bonchev–Trinajstić information content (AvgIpc) is 2.65. The monoisotopic (exact) mass is 344 g/mol. The highest BCUT2D eigenvalue weighted by Gasteiger charge is 2.42. The number of benzene rings is 1. The first-order valence-electron chi connectivity index (χ1n) is 9.29. The van der Waals surface area contributed by atoms with Gasteiger partial charge in [0, 0.05) is 38.0 Å². The first kappa shape index (κ1) is 17.9. The molecule has 0 aromatic heterocycles. The maximum Gasteiger partial charge on any atom is 0.248 e. The van der Waals surface area contributed by atoms with Crippen molar-refractivity contribution in [3.8, 4) is 0 Å². The van der Waals surface area contributed by atoms with E-state index in [0.29, 0.717) is 13.0 Å². The zero-order valence-electron chi connectivity index (χ0n) is 15.1. The first-order valence-corrected chi connectivity index (χ1v) is 9.29. The summed E-state index contributed by atoms with van der Waals surface area (Å²) < 4.78 is 5.61. The fourth-order valence-electron chi connectivity index (χ4n) is 4.07. The van der Waals surface area contributed by atoms with Gasteiger partial charge in [-0.15, -0.1) is 0 Å². The molecular formula is C20H28N2O3. The second kappa shape index (κ2) is 8.00. The zero-order valence-corrected chi connectivity index (χ0v) is 15.1. The summed E-state index contributed by atoms with van der Waals surface area (Å²) in [6.45, 7) is 5.72. The van der Waals surface area contributed by atoms with Crippen LogP contribution in [0.5, 0.6) is 0 Å². The Hall–Kier alpha value is -1.88. The largest absolute Gasteiger partial charge is 0.367 e. The van der Waals surface area contributed by atoms with Crippen molar-refractivity contribution in [1.82, 2.24) is 9.80 Å². The number of ether oxygens (including phenoxy) is 1. The molecule has 0 saturated carbocycles. The number of hydrogen-bond acceptors (Lipinski definition) is 3. The van der Waals surface area contributed by atoms with Crippen molar-refractivity contribution in [3.05, 3.63) is 35.9 Å². The third-order valence-electron chi connectivity index (χ3n) is 5.48. The predicted molar refractivity (Wildman–Crippen MR) is 95.8 cm³/mol. The highest BCUT2D eigenvalue weighted by molar-refractivity contribution is 5.78. The van der Waals surface area contributed by atoms with E-state index in [1.165, 1.54) is 0 Å². The van der Waals surface area contributed by atoms with E-state index in [9.17, 15) is 9.59 Å². The van der Waals surface area contributed by atoms with E-state index < -0.39 is 0 Å². The number of nitrogens with zero attached hydrogens (tertiary/aromatic N) is 2. The van der Waals surface area contributed by atoms with Crippen LogP contribution in [0.15, 0.2) is 30.3 Å².